The molecule has 0 saturated heterocycles. The van der Waals surface area contributed by atoms with Crippen molar-refractivity contribution < 1.29 is 19.4 Å². The first-order valence-corrected chi connectivity index (χ1v) is 10.1. The summed E-state index contributed by atoms with van der Waals surface area (Å²) < 4.78 is 12.1. The van der Waals surface area contributed by atoms with Gasteiger partial charge < -0.3 is 14.6 Å². The number of Topliss-reactive ketones (excluding diaryl/α,β-unsaturated/α-hetero) is 1. The van der Waals surface area contributed by atoms with Gasteiger partial charge in [0, 0.05) is 12.1 Å². The maximum absolute atomic E-state index is 12.8. The zero-order valence-corrected chi connectivity index (χ0v) is 17.2. The summed E-state index contributed by atoms with van der Waals surface area (Å²) in [4.78, 5) is 12.8. The van der Waals surface area contributed by atoms with E-state index in [0.717, 1.165) is 19.3 Å². The Labute approximate surface area is 167 Å². The van der Waals surface area contributed by atoms with E-state index in [0.29, 0.717) is 17.9 Å². The lowest BCUT2D eigenvalue weighted by Crippen LogP contribution is -2.45. The average Bonchev–Trinajstić information content (AvgIpc) is 2.61. The number of carbonyl (C=O) groups excluding carboxylic acids is 1. The second kappa shape index (κ2) is 8.26. The average molecular weight is 383 g/mol. The fourth-order valence-corrected chi connectivity index (χ4v) is 4.02. The molecule has 1 N–H and O–H groups in total. The highest BCUT2D eigenvalue weighted by atomic mass is 16.5. The van der Waals surface area contributed by atoms with Crippen LogP contribution < -0.4 is 9.47 Å². The quantitative estimate of drug-likeness (QED) is 0.681. The number of hydrogen-bond acceptors (Lipinski definition) is 4. The third kappa shape index (κ3) is 4.32. The van der Waals surface area contributed by atoms with E-state index < -0.39 is 5.60 Å². The number of phenolic OH excluding ortho intramolecular Hbond substituents is 1. The molecule has 28 heavy (non-hydrogen) atoms. The van der Waals surface area contributed by atoms with Crippen LogP contribution in [0.3, 0.4) is 0 Å². The van der Waals surface area contributed by atoms with Gasteiger partial charge in [0.2, 0.25) is 0 Å². The van der Waals surface area contributed by atoms with Gasteiger partial charge in [-0.25, -0.2) is 0 Å². The predicted molar refractivity (Wildman–Crippen MR) is 110 cm³/mol. The van der Waals surface area contributed by atoms with Crippen molar-refractivity contribution in [2.75, 3.05) is 0 Å². The number of aromatic hydroxyl groups is 1. The van der Waals surface area contributed by atoms with Crippen LogP contribution in [0.5, 0.6) is 17.2 Å². The van der Waals surface area contributed by atoms with E-state index in [1.165, 1.54) is 11.6 Å². The number of aryl methyl sites for hydroxylation is 1. The first-order chi connectivity index (χ1) is 13.3. The highest BCUT2D eigenvalue weighted by Crippen LogP contribution is 2.44. The van der Waals surface area contributed by atoms with Crippen molar-refractivity contribution >= 4 is 5.78 Å². The highest BCUT2D eigenvalue weighted by molar-refractivity contribution is 6.04. The summed E-state index contributed by atoms with van der Waals surface area (Å²) in [6.45, 7) is 7.81. The molecule has 1 heterocycles. The smallest absolute Gasteiger partial charge is 0.177 e. The van der Waals surface area contributed by atoms with E-state index in [4.69, 9.17) is 9.47 Å². The van der Waals surface area contributed by atoms with Gasteiger partial charge in [-0.15, -0.1) is 0 Å². The topological polar surface area (TPSA) is 55.8 Å². The van der Waals surface area contributed by atoms with E-state index in [1.807, 2.05) is 33.8 Å². The van der Waals surface area contributed by atoms with Crippen LogP contribution in [0.1, 0.15) is 62.9 Å². The molecule has 2 aromatic rings. The van der Waals surface area contributed by atoms with Crippen LogP contribution in [0.15, 0.2) is 42.5 Å². The Morgan fingerprint density at radius 3 is 2.61 bits per heavy atom. The summed E-state index contributed by atoms with van der Waals surface area (Å²) in [6, 6.07) is 13.6. The van der Waals surface area contributed by atoms with Gasteiger partial charge in [-0.05, 0) is 52.0 Å². The zero-order valence-electron chi connectivity index (χ0n) is 17.2. The molecule has 1 aliphatic rings. The fraction of sp³-hybridized carbons (Fsp3) is 0.458. The van der Waals surface area contributed by atoms with E-state index in [1.54, 1.807) is 6.07 Å². The molecule has 1 aliphatic heterocycles. The van der Waals surface area contributed by atoms with Crippen molar-refractivity contribution in [3.63, 3.8) is 0 Å². The van der Waals surface area contributed by atoms with Crippen molar-refractivity contribution in [3.8, 4) is 17.2 Å². The maximum Gasteiger partial charge on any atom is 0.177 e. The normalized spacial score (nSPS) is 18.9. The van der Waals surface area contributed by atoms with Gasteiger partial charge in [0.15, 0.2) is 5.78 Å². The van der Waals surface area contributed by atoms with E-state index >= 15 is 0 Å². The van der Waals surface area contributed by atoms with Crippen LogP contribution in [0.25, 0.3) is 0 Å². The number of ketones is 1. The lowest BCUT2D eigenvalue weighted by molar-refractivity contribution is 0.0243. The van der Waals surface area contributed by atoms with Gasteiger partial charge in [-0.1, -0.05) is 37.3 Å². The minimum Gasteiger partial charge on any atom is -0.507 e. The van der Waals surface area contributed by atoms with Crippen LogP contribution in [0.2, 0.25) is 0 Å². The number of fused-ring (bicyclic) bond motifs is 1. The van der Waals surface area contributed by atoms with Crippen LogP contribution in [-0.2, 0) is 6.42 Å². The summed E-state index contributed by atoms with van der Waals surface area (Å²) in [5.74, 6) is 0.541. The number of carbonyl (C=O) groups is 1. The first kappa shape index (κ1) is 20.2. The van der Waals surface area contributed by atoms with Crippen LogP contribution >= 0.6 is 0 Å². The number of ether oxygens (including phenoxy) is 2. The molecule has 0 aliphatic carbocycles. The Hall–Kier alpha value is -2.49. The molecule has 0 amide bonds. The molecule has 4 nitrogen and oxygen atoms in total. The number of phenols is 1. The third-order valence-corrected chi connectivity index (χ3v) is 5.49. The van der Waals surface area contributed by atoms with Crippen molar-refractivity contribution in [2.45, 2.75) is 65.1 Å². The summed E-state index contributed by atoms with van der Waals surface area (Å²) in [5.41, 5.74) is 0.988. The molecule has 0 spiro atoms. The SMILES string of the molecule is CCC1C(=O)c2c(O)cc(OC(C)CCCc3ccccc3)cc2OC1(C)C. The molecule has 150 valence electrons. The monoisotopic (exact) mass is 382 g/mol. The molecule has 4 heteroatoms. The lowest BCUT2D eigenvalue weighted by atomic mass is 9.79. The number of rotatable bonds is 7. The van der Waals surface area contributed by atoms with Crippen LogP contribution in [0.4, 0.5) is 0 Å². The summed E-state index contributed by atoms with van der Waals surface area (Å²) in [6.07, 6.45) is 3.59. The molecule has 0 radical (unpaired) electrons. The molecule has 0 fully saturated rings. The van der Waals surface area contributed by atoms with Gasteiger partial charge in [-0.2, -0.15) is 0 Å². The standard InChI is InChI=1S/C24H30O4/c1-5-19-23(26)22-20(25)14-18(15-21(22)28-24(19,3)4)27-16(2)10-9-13-17-11-7-6-8-12-17/h6-8,11-12,14-16,19,25H,5,9-10,13H2,1-4H3. The number of hydrogen-bond donors (Lipinski definition) is 1. The summed E-state index contributed by atoms with van der Waals surface area (Å²) in [5, 5.41) is 10.4. The Morgan fingerprint density at radius 1 is 1.21 bits per heavy atom. The summed E-state index contributed by atoms with van der Waals surface area (Å²) in [7, 11) is 0. The Morgan fingerprint density at radius 2 is 1.93 bits per heavy atom. The molecule has 2 atom stereocenters. The second-order valence-corrected chi connectivity index (χ2v) is 8.15. The number of benzene rings is 2. The largest absolute Gasteiger partial charge is 0.507 e. The van der Waals surface area contributed by atoms with Gasteiger partial charge in [-0.3, -0.25) is 4.79 Å². The van der Waals surface area contributed by atoms with Crippen molar-refractivity contribution in [1.82, 2.24) is 0 Å². The van der Waals surface area contributed by atoms with Gasteiger partial charge >= 0.3 is 0 Å². The third-order valence-electron chi connectivity index (χ3n) is 5.49. The van der Waals surface area contributed by atoms with Gasteiger partial charge in [0.1, 0.15) is 28.4 Å². The van der Waals surface area contributed by atoms with Crippen LogP contribution in [0, 0.1) is 5.92 Å². The first-order valence-electron chi connectivity index (χ1n) is 10.1. The zero-order chi connectivity index (χ0) is 20.3. The van der Waals surface area contributed by atoms with Crippen molar-refractivity contribution in [1.29, 1.82) is 0 Å². The molecular weight excluding hydrogens is 352 g/mol. The predicted octanol–water partition coefficient (Wildman–Crippen LogP) is 5.56. The minimum absolute atomic E-state index is 0.00291. The molecule has 0 saturated carbocycles. The molecule has 2 unspecified atom stereocenters. The molecular formula is C24H30O4. The van der Waals surface area contributed by atoms with E-state index in [-0.39, 0.29) is 29.1 Å². The Balaban J connectivity index is 1.67. The van der Waals surface area contributed by atoms with Crippen LogP contribution in [-0.4, -0.2) is 22.6 Å². The van der Waals surface area contributed by atoms with Crippen molar-refractivity contribution in [2.24, 2.45) is 5.92 Å². The minimum atomic E-state index is -0.606. The van der Waals surface area contributed by atoms with Gasteiger partial charge in [0.05, 0.1) is 12.0 Å². The van der Waals surface area contributed by atoms with Crippen molar-refractivity contribution in [3.05, 3.63) is 53.6 Å². The molecule has 0 bridgehead atoms. The molecule has 0 aromatic heterocycles. The Kier molecular flexibility index (Phi) is 5.97. The molecule has 2 aromatic carbocycles. The Bertz CT molecular complexity index is 826. The maximum atomic E-state index is 12.8. The molecule has 3 rings (SSSR count). The lowest BCUT2D eigenvalue weighted by Gasteiger charge is -2.38. The summed E-state index contributed by atoms with van der Waals surface area (Å²) >= 11 is 0. The second-order valence-electron chi connectivity index (χ2n) is 8.15. The van der Waals surface area contributed by atoms with E-state index in [2.05, 4.69) is 24.3 Å². The van der Waals surface area contributed by atoms with Gasteiger partial charge in [0.25, 0.3) is 0 Å². The fourth-order valence-electron chi connectivity index (χ4n) is 4.02. The van der Waals surface area contributed by atoms with E-state index in [9.17, 15) is 9.90 Å². The highest BCUT2D eigenvalue weighted by Gasteiger charge is 2.43.